The molecule has 2 aliphatic carbocycles. The molecule has 10 aromatic rings. The van der Waals surface area contributed by atoms with Gasteiger partial charge in [-0.25, -0.2) is 0 Å². The van der Waals surface area contributed by atoms with Crippen molar-refractivity contribution in [3.8, 4) is 39.1 Å². The molecule has 0 radical (unpaired) electrons. The Bertz CT molecular complexity index is 3380. The van der Waals surface area contributed by atoms with Crippen LogP contribution in [0.25, 0.3) is 82.4 Å². The Morgan fingerprint density at radius 2 is 1.25 bits per heavy atom. The van der Waals surface area contributed by atoms with Crippen molar-refractivity contribution in [1.82, 2.24) is 4.57 Å². The molecule has 2 heteroatoms. The molecule has 59 heavy (non-hydrogen) atoms. The van der Waals surface area contributed by atoms with Crippen LogP contribution in [0, 0.1) is 12.1 Å². The minimum absolute atomic E-state index is 0.897. The first-order chi connectivity index (χ1) is 29.3. The molecule has 0 atom stereocenters. The molecule has 0 bridgehead atoms. The summed E-state index contributed by atoms with van der Waals surface area (Å²) in [6, 6.07) is 71.3. The lowest BCUT2D eigenvalue weighted by Gasteiger charge is -2.31. The standard InChI is InChI=1S/C57H38N2/c1-2-20-43(21-3-1)58(57-37-42-17-5-7-23-45(42)47-25-8-9-26-49(47)57)53-29-12-10-24-46(53)40-19-14-18-38(34-40)39-32-33-56-52(35-39)50-27-11-13-30-54(50)59(56)55-31-15-28-48-44-22-6-4-16-41(44)36-51(48)55/h2,4-5,7-21,23-35,37H,1,3,36H2. The highest BCUT2D eigenvalue weighted by Gasteiger charge is 2.25. The van der Waals surface area contributed by atoms with Crippen LogP contribution in [-0.2, 0) is 6.42 Å². The number of aromatic nitrogens is 1. The number of allylic oxidation sites excluding steroid dienone is 3. The first-order valence-electron chi connectivity index (χ1n) is 20.6. The number of fused-ring (bicyclic) bond motifs is 9. The van der Waals surface area contributed by atoms with E-state index >= 15 is 0 Å². The molecule has 276 valence electrons. The van der Waals surface area contributed by atoms with Crippen LogP contribution in [0.4, 0.5) is 11.4 Å². The summed E-state index contributed by atoms with van der Waals surface area (Å²) in [5.74, 6) is 0. The zero-order valence-corrected chi connectivity index (χ0v) is 32.5. The van der Waals surface area contributed by atoms with Crippen molar-refractivity contribution in [1.29, 1.82) is 0 Å². The van der Waals surface area contributed by atoms with Crippen molar-refractivity contribution in [3.63, 3.8) is 0 Å². The van der Waals surface area contributed by atoms with Gasteiger partial charge < -0.3 is 9.47 Å². The molecule has 9 aromatic carbocycles. The number of hydrogen-bond acceptors (Lipinski definition) is 1. The number of hydrogen-bond donors (Lipinski definition) is 0. The average molecular weight is 751 g/mol. The van der Waals surface area contributed by atoms with Crippen LogP contribution in [0.15, 0.2) is 200 Å². The third-order valence-corrected chi connectivity index (χ3v) is 12.5. The van der Waals surface area contributed by atoms with Crippen molar-refractivity contribution in [2.75, 3.05) is 4.90 Å². The maximum atomic E-state index is 3.40. The molecular weight excluding hydrogens is 713 g/mol. The number of benzene rings is 8. The van der Waals surface area contributed by atoms with Gasteiger partial charge in [0.2, 0.25) is 0 Å². The molecule has 0 unspecified atom stereocenters. The summed E-state index contributed by atoms with van der Waals surface area (Å²) in [5.41, 5.74) is 17.1. The van der Waals surface area contributed by atoms with Crippen molar-refractivity contribution < 1.29 is 0 Å². The molecule has 1 heterocycles. The Morgan fingerprint density at radius 3 is 2.17 bits per heavy atom. The summed E-state index contributed by atoms with van der Waals surface area (Å²) in [5, 5.41) is 7.52. The van der Waals surface area contributed by atoms with Crippen molar-refractivity contribution in [2.45, 2.75) is 19.3 Å². The molecule has 0 saturated carbocycles. The van der Waals surface area contributed by atoms with E-state index in [-0.39, 0.29) is 0 Å². The van der Waals surface area contributed by atoms with E-state index in [4.69, 9.17) is 0 Å². The molecule has 0 amide bonds. The van der Waals surface area contributed by atoms with Gasteiger partial charge in [-0.1, -0.05) is 146 Å². The van der Waals surface area contributed by atoms with E-state index in [2.05, 4.69) is 210 Å². The third-order valence-electron chi connectivity index (χ3n) is 12.5. The summed E-state index contributed by atoms with van der Waals surface area (Å²) < 4.78 is 2.47. The highest BCUT2D eigenvalue weighted by Crippen LogP contribution is 2.46. The summed E-state index contributed by atoms with van der Waals surface area (Å²) in [7, 11) is 0. The lowest BCUT2D eigenvalue weighted by Crippen LogP contribution is -2.17. The van der Waals surface area contributed by atoms with E-state index in [0.717, 1.165) is 24.9 Å². The molecule has 12 rings (SSSR count). The average Bonchev–Trinajstić information content (AvgIpc) is 3.85. The van der Waals surface area contributed by atoms with Gasteiger partial charge in [-0.05, 0) is 123 Å². The lowest BCUT2D eigenvalue weighted by atomic mass is 9.95. The summed E-state index contributed by atoms with van der Waals surface area (Å²) >= 11 is 0. The summed E-state index contributed by atoms with van der Waals surface area (Å²) in [4.78, 5) is 2.49. The van der Waals surface area contributed by atoms with E-state index in [1.54, 1.807) is 0 Å². The smallest absolute Gasteiger partial charge is 0.0546 e. The van der Waals surface area contributed by atoms with E-state index < -0.39 is 0 Å². The van der Waals surface area contributed by atoms with E-state index in [1.165, 1.54) is 105 Å². The van der Waals surface area contributed by atoms with Gasteiger partial charge in [-0.3, -0.25) is 0 Å². The second-order valence-corrected chi connectivity index (χ2v) is 15.8. The fourth-order valence-corrected chi connectivity index (χ4v) is 9.79. The van der Waals surface area contributed by atoms with Gasteiger partial charge >= 0.3 is 0 Å². The minimum atomic E-state index is 0.897. The van der Waals surface area contributed by atoms with Crippen LogP contribution in [0.1, 0.15) is 24.0 Å². The van der Waals surface area contributed by atoms with Crippen molar-refractivity contribution in [3.05, 3.63) is 223 Å². The maximum Gasteiger partial charge on any atom is 0.0546 e. The monoisotopic (exact) mass is 750 g/mol. The molecule has 2 nitrogen and oxygen atoms in total. The van der Waals surface area contributed by atoms with Crippen molar-refractivity contribution >= 4 is 54.7 Å². The topological polar surface area (TPSA) is 8.17 Å². The lowest BCUT2D eigenvalue weighted by molar-refractivity contribution is 0.998. The van der Waals surface area contributed by atoms with Gasteiger partial charge in [0.15, 0.2) is 0 Å². The minimum Gasteiger partial charge on any atom is -0.310 e. The molecule has 0 aliphatic heterocycles. The normalized spacial score (nSPS) is 13.1. The Hall–Kier alpha value is -7.60. The summed E-state index contributed by atoms with van der Waals surface area (Å²) in [6.45, 7) is 0. The fourth-order valence-electron chi connectivity index (χ4n) is 9.79. The highest BCUT2D eigenvalue weighted by atomic mass is 15.2. The third kappa shape index (κ3) is 5.36. The zero-order chi connectivity index (χ0) is 38.9. The van der Waals surface area contributed by atoms with Gasteiger partial charge in [0, 0.05) is 39.4 Å². The number of para-hydroxylation sites is 2. The van der Waals surface area contributed by atoms with Gasteiger partial charge in [0.25, 0.3) is 0 Å². The predicted molar refractivity (Wildman–Crippen MR) is 248 cm³/mol. The number of anilines is 2. The SMILES string of the molecule is c1ccc2c(c#1)-c1cccc(-n3c4ccccc4c4cc(-c5cccc(-c6ccccc6N(C6=CCCC=C6)c6cc7ccccc7c7ccccc67)c5)ccc43)c1C2. The zero-order valence-electron chi connectivity index (χ0n) is 32.5. The summed E-state index contributed by atoms with van der Waals surface area (Å²) in [6.07, 6.45) is 9.97. The van der Waals surface area contributed by atoms with E-state index in [1.807, 2.05) is 6.07 Å². The van der Waals surface area contributed by atoms with E-state index in [0.29, 0.717) is 0 Å². The Labute approximate surface area is 344 Å². The van der Waals surface area contributed by atoms with Crippen LogP contribution >= 0.6 is 0 Å². The van der Waals surface area contributed by atoms with Crippen molar-refractivity contribution in [2.24, 2.45) is 0 Å². The first-order valence-corrected chi connectivity index (χ1v) is 20.6. The fraction of sp³-hybridized carbons (Fsp3) is 0.0526. The van der Waals surface area contributed by atoms with Crippen LogP contribution in [0.5, 0.6) is 0 Å². The number of rotatable bonds is 6. The molecule has 1 aromatic heterocycles. The molecule has 0 N–H and O–H groups in total. The molecule has 0 fully saturated rings. The van der Waals surface area contributed by atoms with Gasteiger partial charge in [-0.15, -0.1) is 0 Å². The second kappa shape index (κ2) is 13.5. The first kappa shape index (κ1) is 33.5. The Balaban J connectivity index is 1.00. The Morgan fingerprint density at radius 1 is 0.508 bits per heavy atom. The van der Waals surface area contributed by atoms with Gasteiger partial charge in [-0.2, -0.15) is 0 Å². The van der Waals surface area contributed by atoms with Gasteiger partial charge in [0.1, 0.15) is 0 Å². The van der Waals surface area contributed by atoms with Crippen LogP contribution in [-0.4, -0.2) is 4.57 Å². The molecule has 0 spiro atoms. The Kier molecular flexibility index (Phi) is 7.68. The second-order valence-electron chi connectivity index (χ2n) is 15.8. The van der Waals surface area contributed by atoms with Gasteiger partial charge in [0.05, 0.1) is 28.1 Å². The largest absolute Gasteiger partial charge is 0.310 e. The number of nitrogens with zero attached hydrogens (tertiary/aromatic N) is 2. The van der Waals surface area contributed by atoms with Crippen LogP contribution in [0.2, 0.25) is 0 Å². The maximum absolute atomic E-state index is 3.40. The quantitative estimate of drug-likeness (QED) is 0.154. The van der Waals surface area contributed by atoms with Crippen LogP contribution < -0.4 is 4.90 Å². The predicted octanol–water partition coefficient (Wildman–Crippen LogP) is 15.0. The highest BCUT2D eigenvalue weighted by molar-refractivity contribution is 6.15. The van der Waals surface area contributed by atoms with E-state index in [9.17, 15) is 0 Å². The molecular formula is C57H38N2. The van der Waals surface area contributed by atoms with Crippen LogP contribution in [0.3, 0.4) is 0 Å². The molecule has 2 aliphatic rings. The molecule has 0 saturated heterocycles.